The third-order valence-electron chi connectivity index (χ3n) is 2.65. The van der Waals surface area contributed by atoms with Gasteiger partial charge < -0.3 is 0 Å². The zero-order chi connectivity index (χ0) is 10.8. The van der Waals surface area contributed by atoms with Crippen molar-refractivity contribution in [1.29, 1.82) is 0 Å². The predicted molar refractivity (Wildman–Crippen MR) is 64.3 cm³/mol. The molecule has 0 amide bonds. The Kier molecular flexibility index (Phi) is 9.42. The molecule has 1 aliphatic rings. The standard InChI is InChI=1S/C10H22N2.C2H6/c1-3-4-5-6-9-12-10-7-8-11(12)2;1-2/h3-10H2,1-2H3;1-2H3. The Labute approximate surface area is 90.2 Å². The average Bonchev–Trinajstić information content (AvgIpc) is 2.62. The summed E-state index contributed by atoms with van der Waals surface area (Å²) in [7, 11) is 2.20. The van der Waals surface area contributed by atoms with Gasteiger partial charge in [-0.1, -0.05) is 40.0 Å². The molecule has 0 radical (unpaired) electrons. The summed E-state index contributed by atoms with van der Waals surface area (Å²) in [5.74, 6) is 0. The Morgan fingerprint density at radius 2 is 1.71 bits per heavy atom. The minimum Gasteiger partial charge on any atom is -0.245 e. The molecule has 1 rings (SSSR count). The number of hydrazine groups is 1. The van der Waals surface area contributed by atoms with Gasteiger partial charge in [-0.3, -0.25) is 0 Å². The highest BCUT2D eigenvalue weighted by molar-refractivity contribution is 4.63. The first kappa shape index (κ1) is 13.9. The van der Waals surface area contributed by atoms with E-state index in [-0.39, 0.29) is 0 Å². The largest absolute Gasteiger partial charge is 0.245 e. The molecule has 0 aromatic carbocycles. The van der Waals surface area contributed by atoms with Crippen LogP contribution in [-0.2, 0) is 0 Å². The lowest BCUT2D eigenvalue weighted by Gasteiger charge is -2.23. The second-order valence-electron chi connectivity index (χ2n) is 3.75. The molecule has 0 spiro atoms. The molecule has 1 saturated heterocycles. The molecule has 1 fully saturated rings. The van der Waals surface area contributed by atoms with Gasteiger partial charge in [-0.25, -0.2) is 10.0 Å². The fourth-order valence-electron chi connectivity index (χ4n) is 1.80. The van der Waals surface area contributed by atoms with Crippen LogP contribution in [0.2, 0.25) is 0 Å². The summed E-state index contributed by atoms with van der Waals surface area (Å²) >= 11 is 0. The minimum absolute atomic E-state index is 1.26. The Hall–Kier alpha value is -0.0800. The van der Waals surface area contributed by atoms with Crippen LogP contribution in [-0.4, -0.2) is 36.7 Å². The fraction of sp³-hybridized carbons (Fsp3) is 1.00. The number of hydrogen-bond donors (Lipinski definition) is 0. The first-order valence-corrected chi connectivity index (χ1v) is 6.30. The van der Waals surface area contributed by atoms with Gasteiger partial charge in [0.05, 0.1) is 0 Å². The lowest BCUT2D eigenvalue weighted by atomic mass is 10.2. The molecule has 86 valence electrons. The van der Waals surface area contributed by atoms with E-state index in [1.54, 1.807) is 0 Å². The number of unbranched alkanes of at least 4 members (excludes halogenated alkanes) is 3. The highest BCUT2D eigenvalue weighted by atomic mass is 15.6. The van der Waals surface area contributed by atoms with Crippen molar-refractivity contribution in [3.8, 4) is 0 Å². The lowest BCUT2D eigenvalue weighted by Crippen LogP contribution is -2.33. The molecule has 0 N–H and O–H groups in total. The maximum atomic E-state index is 2.48. The second kappa shape index (κ2) is 9.47. The predicted octanol–water partition coefficient (Wildman–Crippen LogP) is 3.15. The fourth-order valence-corrected chi connectivity index (χ4v) is 1.80. The molecule has 2 nitrogen and oxygen atoms in total. The van der Waals surface area contributed by atoms with Crippen molar-refractivity contribution in [2.24, 2.45) is 0 Å². The molecule has 0 atom stereocenters. The zero-order valence-corrected chi connectivity index (χ0v) is 10.6. The van der Waals surface area contributed by atoms with E-state index >= 15 is 0 Å². The van der Waals surface area contributed by atoms with Gasteiger partial charge in [0, 0.05) is 26.7 Å². The van der Waals surface area contributed by atoms with E-state index in [2.05, 4.69) is 24.0 Å². The van der Waals surface area contributed by atoms with Crippen molar-refractivity contribution in [2.75, 3.05) is 26.7 Å². The molecule has 0 saturated carbocycles. The molecule has 0 aromatic heterocycles. The monoisotopic (exact) mass is 200 g/mol. The van der Waals surface area contributed by atoms with E-state index in [1.165, 1.54) is 51.7 Å². The van der Waals surface area contributed by atoms with E-state index in [4.69, 9.17) is 0 Å². The van der Waals surface area contributed by atoms with Gasteiger partial charge in [-0.15, -0.1) is 0 Å². The molecule has 0 bridgehead atoms. The summed E-state index contributed by atoms with van der Waals surface area (Å²) < 4.78 is 0. The van der Waals surface area contributed by atoms with E-state index in [1.807, 2.05) is 13.8 Å². The molecular weight excluding hydrogens is 172 g/mol. The Morgan fingerprint density at radius 3 is 2.21 bits per heavy atom. The second-order valence-corrected chi connectivity index (χ2v) is 3.75. The van der Waals surface area contributed by atoms with Crippen molar-refractivity contribution in [1.82, 2.24) is 10.0 Å². The van der Waals surface area contributed by atoms with Gasteiger partial charge in [-0.2, -0.15) is 0 Å². The molecule has 0 aromatic rings. The summed E-state index contributed by atoms with van der Waals surface area (Å²) in [5.41, 5.74) is 0. The SMILES string of the molecule is CC.CCCCCCN1CCCN1C. The van der Waals surface area contributed by atoms with E-state index in [0.29, 0.717) is 0 Å². The van der Waals surface area contributed by atoms with Crippen molar-refractivity contribution in [2.45, 2.75) is 52.9 Å². The topological polar surface area (TPSA) is 6.48 Å². The maximum absolute atomic E-state index is 2.48. The molecule has 0 aliphatic carbocycles. The van der Waals surface area contributed by atoms with Crippen molar-refractivity contribution in [3.63, 3.8) is 0 Å². The van der Waals surface area contributed by atoms with Gasteiger partial charge in [0.2, 0.25) is 0 Å². The van der Waals surface area contributed by atoms with Gasteiger partial charge >= 0.3 is 0 Å². The quantitative estimate of drug-likeness (QED) is 0.629. The zero-order valence-electron chi connectivity index (χ0n) is 10.6. The maximum Gasteiger partial charge on any atom is 0.0145 e. The molecule has 0 unspecified atom stereocenters. The number of nitrogens with zero attached hydrogens (tertiary/aromatic N) is 2. The van der Waals surface area contributed by atoms with Crippen LogP contribution >= 0.6 is 0 Å². The molecular formula is C12H28N2. The van der Waals surface area contributed by atoms with E-state index in [0.717, 1.165) is 0 Å². The molecule has 1 aliphatic heterocycles. The van der Waals surface area contributed by atoms with E-state index in [9.17, 15) is 0 Å². The van der Waals surface area contributed by atoms with Gasteiger partial charge in [0.15, 0.2) is 0 Å². The van der Waals surface area contributed by atoms with Crippen LogP contribution in [0.15, 0.2) is 0 Å². The molecule has 2 heteroatoms. The number of hydrogen-bond acceptors (Lipinski definition) is 2. The van der Waals surface area contributed by atoms with Crippen LogP contribution in [0.1, 0.15) is 52.9 Å². The van der Waals surface area contributed by atoms with Crippen LogP contribution < -0.4 is 0 Å². The Balaban J connectivity index is 0.000000791. The highest BCUT2D eigenvalue weighted by Gasteiger charge is 2.16. The first-order valence-electron chi connectivity index (χ1n) is 6.30. The summed E-state index contributed by atoms with van der Waals surface area (Å²) in [5, 5.41) is 4.85. The normalized spacial score (nSPS) is 18.0. The van der Waals surface area contributed by atoms with Crippen molar-refractivity contribution < 1.29 is 0 Å². The van der Waals surface area contributed by atoms with Crippen LogP contribution in [0, 0.1) is 0 Å². The third-order valence-corrected chi connectivity index (χ3v) is 2.65. The smallest absolute Gasteiger partial charge is 0.0145 e. The third kappa shape index (κ3) is 5.61. The first-order chi connectivity index (χ1) is 6.84. The summed E-state index contributed by atoms with van der Waals surface area (Å²) in [6.45, 7) is 10.1. The Morgan fingerprint density at radius 1 is 1.00 bits per heavy atom. The van der Waals surface area contributed by atoms with Crippen molar-refractivity contribution >= 4 is 0 Å². The van der Waals surface area contributed by atoms with Crippen molar-refractivity contribution in [3.05, 3.63) is 0 Å². The number of rotatable bonds is 5. The summed E-state index contributed by atoms with van der Waals surface area (Å²) in [6.07, 6.45) is 6.87. The lowest BCUT2D eigenvalue weighted by molar-refractivity contribution is 0.0543. The average molecular weight is 200 g/mol. The van der Waals surface area contributed by atoms with Gasteiger partial charge in [0.1, 0.15) is 0 Å². The molecule has 14 heavy (non-hydrogen) atoms. The van der Waals surface area contributed by atoms with Crippen LogP contribution in [0.3, 0.4) is 0 Å². The van der Waals surface area contributed by atoms with Crippen LogP contribution in [0.5, 0.6) is 0 Å². The van der Waals surface area contributed by atoms with Gasteiger partial charge in [0.25, 0.3) is 0 Å². The van der Waals surface area contributed by atoms with E-state index < -0.39 is 0 Å². The summed E-state index contributed by atoms with van der Waals surface area (Å²) in [6, 6.07) is 0. The minimum atomic E-state index is 1.26. The Bertz CT molecular complexity index is 115. The molecule has 1 heterocycles. The summed E-state index contributed by atoms with van der Waals surface area (Å²) in [4.78, 5) is 0. The van der Waals surface area contributed by atoms with Crippen LogP contribution in [0.25, 0.3) is 0 Å². The van der Waals surface area contributed by atoms with Gasteiger partial charge in [-0.05, 0) is 12.8 Å². The highest BCUT2D eigenvalue weighted by Crippen LogP contribution is 2.09. The van der Waals surface area contributed by atoms with Crippen LogP contribution in [0.4, 0.5) is 0 Å².